The van der Waals surface area contributed by atoms with E-state index in [1.165, 1.54) is 12.1 Å². The third kappa shape index (κ3) is 7.89. The molecule has 0 aliphatic rings. The van der Waals surface area contributed by atoms with E-state index < -0.39 is 25.7 Å². The van der Waals surface area contributed by atoms with Gasteiger partial charge in [0.25, 0.3) is 10.1 Å². The highest BCUT2D eigenvalue weighted by atomic mass is 32.3. The topological polar surface area (TPSA) is 63.6 Å². The number of hydrogen-bond acceptors (Lipinski definition) is 4. The quantitative estimate of drug-likeness (QED) is 0.627. The van der Waals surface area contributed by atoms with Gasteiger partial charge in [-0.2, -0.15) is 18.4 Å². The monoisotopic (exact) mass is 358 g/mol. The van der Waals surface area contributed by atoms with Crippen molar-refractivity contribution in [3.8, 4) is 11.2 Å². The summed E-state index contributed by atoms with van der Waals surface area (Å²) in [5, 5.41) is 13.4. The van der Waals surface area contributed by atoms with Crippen molar-refractivity contribution in [1.82, 2.24) is 0 Å². The molecule has 23 heavy (non-hydrogen) atoms. The van der Waals surface area contributed by atoms with Crippen LogP contribution in [0, 0.1) is 18.1 Å². The van der Waals surface area contributed by atoms with Crippen molar-refractivity contribution in [3.05, 3.63) is 29.8 Å². The van der Waals surface area contributed by atoms with Crippen molar-refractivity contribution in [3.63, 3.8) is 0 Å². The van der Waals surface area contributed by atoms with Crippen molar-refractivity contribution in [2.75, 3.05) is 25.4 Å². The third-order valence-corrected chi connectivity index (χ3v) is 5.12. The summed E-state index contributed by atoms with van der Waals surface area (Å²) in [4.78, 5) is 0.124. The summed E-state index contributed by atoms with van der Waals surface area (Å²) in [5.74, 6) is 2.98. The molecule has 0 spiro atoms. The van der Waals surface area contributed by atoms with E-state index in [1.807, 2.05) is 6.92 Å². The standard InChI is InChI=1S/C17H26O4S2/c1-15-7-9-16(10-8-15)23(19,20)21-13-12-17(2,18)11-6-14-22(3,4)5/h7-10,18H,11-13H2,1-5H3. The number of aliphatic hydroxyl groups is 1. The minimum absolute atomic E-state index is 0.0761. The summed E-state index contributed by atoms with van der Waals surface area (Å²) in [6.07, 6.45) is 6.72. The molecule has 0 radical (unpaired) electrons. The summed E-state index contributed by atoms with van der Waals surface area (Å²) in [5.41, 5.74) is -0.0908. The normalized spacial score (nSPS) is 15.4. The molecule has 1 rings (SSSR count). The molecule has 0 amide bonds. The van der Waals surface area contributed by atoms with Gasteiger partial charge in [-0.05, 0) is 44.7 Å². The molecule has 6 heteroatoms. The van der Waals surface area contributed by atoms with E-state index in [9.17, 15) is 13.5 Å². The van der Waals surface area contributed by atoms with E-state index in [0.717, 1.165) is 5.56 Å². The third-order valence-electron chi connectivity index (χ3n) is 3.04. The fourth-order valence-electron chi connectivity index (χ4n) is 1.68. The Bertz CT molecular complexity index is 672. The maximum Gasteiger partial charge on any atom is 0.296 e. The van der Waals surface area contributed by atoms with Crippen LogP contribution in [0.4, 0.5) is 0 Å². The molecule has 0 aliphatic carbocycles. The maximum atomic E-state index is 12.0. The fourth-order valence-corrected chi connectivity index (χ4v) is 3.09. The van der Waals surface area contributed by atoms with Crippen molar-refractivity contribution < 1.29 is 17.7 Å². The first-order valence-electron chi connectivity index (χ1n) is 7.28. The van der Waals surface area contributed by atoms with Crippen LogP contribution < -0.4 is 0 Å². The second-order valence-electron chi connectivity index (χ2n) is 6.63. The molecule has 0 fully saturated rings. The minimum Gasteiger partial charge on any atom is -0.389 e. The zero-order chi connectivity index (χ0) is 17.7. The average Bonchev–Trinajstić information content (AvgIpc) is 2.36. The van der Waals surface area contributed by atoms with Gasteiger partial charge in [0.15, 0.2) is 0 Å². The predicted octanol–water partition coefficient (Wildman–Crippen LogP) is 2.89. The fraction of sp³-hybridized carbons (Fsp3) is 0.529. The van der Waals surface area contributed by atoms with Gasteiger partial charge in [-0.1, -0.05) is 28.9 Å². The average molecular weight is 359 g/mol. The largest absolute Gasteiger partial charge is 0.389 e. The molecular weight excluding hydrogens is 332 g/mol. The molecule has 1 atom stereocenters. The first kappa shape index (κ1) is 20.0. The van der Waals surface area contributed by atoms with Crippen LogP contribution in [-0.2, 0) is 14.3 Å². The molecule has 0 aromatic heterocycles. The Balaban J connectivity index is 2.57. The van der Waals surface area contributed by atoms with Crippen molar-refractivity contribution in [2.45, 2.75) is 37.2 Å². The number of benzene rings is 1. The smallest absolute Gasteiger partial charge is 0.296 e. The van der Waals surface area contributed by atoms with E-state index in [1.54, 1.807) is 19.1 Å². The molecule has 1 aromatic rings. The molecule has 0 aliphatic heterocycles. The number of hydrogen-bond donors (Lipinski definition) is 1. The summed E-state index contributed by atoms with van der Waals surface area (Å²) in [6.45, 7) is 3.45. The molecule has 0 bridgehead atoms. The molecule has 130 valence electrons. The summed E-state index contributed by atoms with van der Waals surface area (Å²) in [6, 6.07) is 6.47. The Morgan fingerprint density at radius 2 is 1.74 bits per heavy atom. The minimum atomic E-state index is -3.79. The van der Waals surface area contributed by atoms with Crippen LogP contribution in [-0.4, -0.2) is 44.5 Å². The summed E-state index contributed by atoms with van der Waals surface area (Å²) in [7, 11) is -4.72. The number of rotatable bonds is 6. The van der Waals surface area contributed by atoms with Gasteiger partial charge >= 0.3 is 0 Å². The van der Waals surface area contributed by atoms with Crippen LogP contribution in [0.3, 0.4) is 0 Å². The first-order chi connectivity index (χ1) is 10.4. The summed E-state index contributed by atoms with van der Waals surface area (Å²) >= 11 is 0. The highest BCUT2D eigenvalue weighted by Crippen LogP contribution is 2.32. The van der Waals surface area contributed by atoms with Gasteiger partial charge in [-0.15, -0.1) is 0 Å². The van der Waals surface area contributed by atoms with Crippen LogP contribution in [0.5, 0.6) is 0 Å². The predicted molar refractivity (Wildman–Crippen MR) is 97.3 cm³/mol. The van der Waals surface area contributed by atoms with Gasteiger partial charge in [0.1, 0.15) is 0 Å². The van der Waals surface area contributed by atoms with Crippen LogP contribution in [0.2, 0.25) is 0 Å². The van der Waals surface area contributed by atoms with Crippen molar-refractivity contribution in [1.29, 1.82) is 0 Å². The molecule has 1 aromatic carbocycles. The van der Waals surface area contributed by atoms with E-state index in [0.29, 0.717) is 6.42 Å². The Labute approximate surface area is 141 Å². The second-order valence-corrected chi connectivity index (χ2v) is 12.1. The molecule has 0 saturated carbocycles. The van der Waals surface area contributed by atoms with Crippen LogP contribution in [0.15, 0.2) is 29.2 Å². The van der Waals surface area contributed by atoms with Crippen LogP contribution in [0.25, 0.3) is 0 Å². The van der Waals surface area contributed by atoms with E-state index >= 15 is 0 Å². The van der Waals surface area contributed by atoms with Crippen LogP contribution >= 0.6 is 10.0 Å². The second kappa shape index (κ2) is 7.71. The SMILES string of the molecule is Cc1ccc(S(=O)(=O)OCCC(C)(O)CC#CS(C)(C)C)cc1. The molecule has 0 heterocycles. The lowest BCUT2D eigenvalue weighted by Crippen LogP contribution is -2.26. The van der Waals surface area contributed by atoms with Crippen molar-refractivity contribution in [2.24, 2.45) is 0 Å². The van der Waals surface area contributed by atoms with E-state index in [4.69, 9.17) is 4.18 Å². The molecular formula is C17H26O4S2. The zero-order valence-electron chi connectivity index (χ0n) is 14.4. The van der Waals surface area contributed by atoms with Gasteiger partial charge in [0.2, 0.25) is 0 Å². The lowest BCUT2D eigenvalue weighted by Gasteiger charge is -2.21. The molecule has 1 unspecified atom stereocenters. The Hall–Kier alpha value is -1.00. The van der Waals surface area contributed by atoms with Gasteiger partial charge in [-0.25, -0.2) is 0 Å². The van der Waals surface area contributed by atoms with Gasteiger partial charge < -0.3 is 5.11 Å². The molecule has 4 nitrogen and oxygen atoms in total. The van der Waals surface area contributed by atoms with E-state index in [2.05, 4.69) is 29.9 Å². The zero-order valence-corrected chi connectivity index (χ0v) is 16.1. The highest BCUT2D eigenvalue weighted by Gasteiger charge is 2.22. The first-order valence-corrected chi connectivity index (χ1v) is 11.5. The Morgan fingerprint density at radius 3 is 2.26 bits per heavy atom. The molecule has 1 N–H and O–H groups in total. The lowest BCUT2D eigenvalue weighted by atomic mass is 10.00. The van der Waals surface area contributed by atoms with E-state index in [-0.39, 0.29) is 17.9 Å². The van der Waals surface area contributed by atoms with Gasteiger partial charge in [0, 0.05) is 12.8 Å². The van der Waals surface area contributed by atoms with Gasteiger partial charge in [-0.3, -0.25) is 4.18 Å². The highest BCUT2D eigenvalue weighted by molar-refractivity contribution is 8.35. The molecule has 0 saturated heterocycles. The Kier molecular flexibility index (Phi) is 6.72. The lowest BCUT2D eigenvalue weighted by molar-refractivity contribution is 0.0428. The summed E-state index contributed by atoms with van der Waals surface area (Å²) < 4.78 is 29.1. The van der Waals surface area contributed by atoms with Gasteiger partial charge in [0.05, 0.1) is 17.1 Å². The van der Waals surface area contributed by atoms with Crippen LogP contribution in [0.1, 0.15) is 25.3 Å². The Morgan fingerprint density at radius 1 is 1.17 bits per heavy atom. The van der Waals surface area contributed by atoms with Crippen molar-refractivity contribution >= 4 is 20.1 Å². The maximum absolute atomic E-state index is 12.0. The number of aryl methyl sites for hydroxylation is 1.